The second kappa shape index (κ2) is 9.07. The van der Waals surface area contributed by atoms with Gasteiger partial charge in [-0.2, -0.15) is 0 Å². The smallest absolute Gasteiger partial charge is 0.222 e. The van der Waals surface area contributed by atoms with Gasteiger partial charge in [-0.25, -0.2) is 0 Å². The summed E-state index contributed by atoms with van der Waals surface area (Å²) in [6, 6.07) is 7.19. The average Bonchev–Trinajstić information content (AvgIpc) is 2.55. The van der Waals surface area contributed by atoms with Crippen LogP contribution in [-0.2, 0) is 9.59 Å². The van der Waals surface area contributed by atoms with Crippen molar-refractivity contribution in [2.75, 3.05) is 0 Å². The Labute approximate surface area is 149 Å². The SMILES string of the molecule is CCC1CCC(NC(=O)CC(NC(C)=O)c2ccc(Cl)cc2)CC1. The average molecular weight is 351 g/mol. The van der Waals surface area contributed by atoms with Crippen LogP contribution in [0.3, 0.4) is 0 Å². The summed E-state index contributed by atoms with van der Waals surface area (Å²) in [5, 5.41) is 6.63. The summed E-state index contributed by atoms with van der Waals surface area (Å²) in [6.45, 7) is 3.70. The first-order valence-corrected chi connectivity index (χ1v) is 9.17. The highest BCUT2D eigenvalue weighted by atomic mass is 35.5. The standard InChI is InChI=1S/C19H27ClN2O2/c1-3-14-4-10-17(11-5-14)22-19(24)12-18(21-13(2)23)15-6-8-16(20)9-7-15/h6-9,14,17-18H,3-5,10-12H2,1-2H3,(H,21,23)(H,22,24). The van der Waals surface area contributed by atoms with Crippen LogP contribution >= 0.6 is 11.6 Å². The summed E-state index contributed by atoms with van der Waals surface area (Å²) in [5.41, 5.74) is 0.888. The maximum Gasteiger partial charge on any atom is 0.222 e. The molecule has 1 aliphatic rings. The van der Waals surface area contributed by atoms with Gasteiger partial charge in [0.25, 0.3) is 0 Å². The molecule has 1 saturated carbocycles. The van der Waals surface area contributed by atoms with E-state index in [-0.39, 0.29) is 30.3 Å². The Balaban J connectivity index is 1.92. The Bertz CT molecular complexity index is 551. The number of benzene rings is 1. The van der Waals surface area contributed by atoms with Crippen molar-refractivity contribution in [3.8, 4) is 0 Å². The van der Waals surface area contributed by atoms with Gasteiger partial charge < -0.3 is 10.6 Å². The summed E-state index contributed by atoms with van der Waals surface area (Å²) in [6.07, 6.45) is 5.95. The largest absolute Gasteiger partial charge is 0.353 e. The highest BCUT2D eigenvalue weighted by molar-refractivity contribution is 6.30. The molecule has 1 unspecified atom stereocenters. The van der Waals surface area contributed by atoms with Crippen LogP contribution in [0.1, 0.15) is 64.0 Å². The van der Waals surface area contributed by atoms with E-state index in [2.05, 4.69) is 17.6 Å². The number of amides is 2. The van der Waals surface area contributed by atoms with E-state index in [0.717, 1.165) is 24.3 Å². The first-order valence-electron chi connectivity index (χ1n) is 8.79. The van der Waals surface area contributed by atoms with E-state index >= 15 is 0 Å². The van der Waals surface area contributed by atoms with Crippen LogP contribution in [0.5, 0.6) is 0 Å². The van der Waals surface area contributed by atoms with Crippen molar-refractivity contribution in [1.82, 2.24) is 10.6 Å². The van der Waals surface area contributed by atoms with Crippen molar-refractivity contribution in [3.63, 3.8) is 0 Å². The zero-order valence-corrected chi connectivity index (χ0v) is 15.2. The van der Waals surface area contributed by atoms with Gasteiger partial charge in [0.1, 0.15) is 0 Å². The fourth-order valence-corrected chi connectivity index (χ4v) is 3.51. The number of hydrogen-bond donors (Lipinski definition) is 2. The molecular weight excluding hydrogens is 324 g/mol. The molecular formula is C19H27ClN2O2. The number of rotatable bonds is 6. The Morgan fingerprint density at radius 3 is 2.33 bits per heavy atom. The van der Waals surface area contributed by atoms with Gasteiger partial charge in [-0.15, -0.1) is 0 Å². The fraction of sp³-hybridized carbons (Fsp3) is 0.579. The molecule has 1 aliphatic carbocycles. The van der Waals surface area contributed by atoms with Crippen LogP contribution in [0.2, 0.25) is 5.02 Å². The topological polar surface area (TPSA) is 58.2 Å². The molecule has 2 amide bonds. The zero-order valence-electron chi connectivity index (χ0n) is 14.5. The minimum atomic E-state index is -0.327. The van der Waals surface area contributed by atoms with Crippen molar-refractivity contribution in [1.29, 1.82) is 0 Å². The minimum absolute atomic E-state index is 0.0105. The van der Waals surface area contributed by atoms with Crippen LogP contribution in [-0.4, -0.2) is 17.9 Å². The Kier molecular flexibility index (Phi) is 7.10. The predicted octanol–water partition coefficient (Wildman–Crippen LogP) is 3.99. The van der Waals surface area contributed by atoms with E-state index < -0.39 is 0 Å². The van der Waals surface area contributed by atoms with Crippen LogP contribution in [0.4, 0.5) is 0 Å². The van der Waals surface area contributed by atoms with E-state index in [4.69, 9.17) is 11.6 Å². The second-order valence-electron chi connectivity index (χ2n) is 6.70. The van der Waals surface area contributed by atoms with Crippen molar-refractivity contribution in [2.24, 2.45) is 5.92 Å². The number of hydrogen-bond acceptors (Lipinski definition) is 2. The molecule has 1 aromatic carbocycles. The molecule has 0 heterocycles. The molecule has 4 nitrogen and oxygen atoms in total. The molecule has 5 heteroatoms. The lowest BCUT2D eigenvalue weighted by atomic mass is 9.84. The fourth-order valence-electron chi connectivity index (χ4n) is 3.38. The summed E-state index contributed by atoms with van der Waals surface area (Å²) in [5.74, 6) is 0.647. The Morgan fingerprint density at radius 2 is 1.79 bits per heavy atom. The maximum atomic E-state index is 12.4. The predicted molar refractivity (Wildman–Crippen MR) is 96.8 cm³/mol. The number of halogens is 1. The minimum Gasteiger partial charge on any atom is -0.353 e. The van der Waals surface area contributed by atoms with E-state index in [0.29, 0.717) is 5.02 Å². The van der Waals surface area contributed by atoms with E-state index in [1.54, 1.807) is 12.1 Å². The van der Waals surface area contributed by atoms with Gasteiger partial charge in [0.2, 0.25) is 11.8 Å². The Hall–Kier alpha value is -1.55. The van der Waals surface area contributed by atoms with Crippen LogP contribution in [0.15, 0.2) is 24.3 Å². The molecule has 24 heavy (non-hydrogen) atoms. The number of carbonyl (C=O) groups is 2. The lowest BCUT2D eigenvalue weighted by Crippen LogP contribution is -2.40. The summed E-state index contributed by atoms with van der Waals surface area (Å²) in [7, 11) is 0. The molecule has 1 aromatic rings. The summed E-state index contributed by atoms with van der Waals surface area (Å²) in [4.78, 5) is 23.9. The monoisotopic (exact) mass is 350 g/mol. The van der Waals surface area contributed by atoms with E-state index in [1.165, 1.54) is 26.2 Å². The first kappa shape index (κ1) is 18.8. The molecule has 132 valence electrons. The van der Waals surface area contributed by atoms with Gasteiger partial charge >= 0.3 is 0 Å². The van der Waals surface area contributed by atoms with Crippen LogP contribution in [0.25, 0.3) is 0 Å². The zero-order chi connectivity index (χ0) is 17.5. The molecule has 0 bridgehead atoms. The van der Waals surface area contributed by atoms with Gasteiger partial charge in [-0.1, -0.05) is 37.1 Å². The summed E-state index contributed by atoms with van der Waals surface area (Å²) < 4.78 is 0. The molecule has 0 aliphatic heterocycles. The maximum absolute atomic E-state index is 12.4. The second-order valence-corrected chi connectivity index (χ2v) is 7.14. The van der Waals surface area contributed by atoms with Gasteiger partial charge in [-0.05, 0) is 49.3 Å². The van der Waals surface area contributed by atoms with E-state index in [1.807, 2.05) is 12.1 Å². The Morgan fingerprint density at radius 1 is 1.17 bits per heavy atom. The number of nitrogens with one attached hydrogen (secondary N) is 2. The van der Waals surface area contributed by atoms with Crippen molar-refractivity contribution < 1.29 is 9.59 Å². The molecule has 0 radical (unpaired) electrons. The normalized spacial score (nSPS) is 21.8. The molecule has 0 saturated heterocycles. The molecule has 1 fully saturated rings. The van der Waals surface area contributed by atoms with Crippen LogP contribution in [0, 0.1) is 5.92 Å². The molecule has 0 aromatic heterocycles. The summed E-state index contributed by atoms with van der Waals surface area (Å²) >= 11 is 5.91. The number of carbonyl (C=O) groups excluding carboxylic acids is 2. The molecule has 2 N–H and O–H groups in total. The van der Waals surface area contributed by atoms with Gasteiger partial charge in [0.15, 0.2) is 0 Å². The molecule has 0 spiro atoms. The third-order valence-corrected chi connectivity index (χ3v) is 5.08. The lowest BCUT2D eigenvalue weighted by Gasteiger charge is -2.29. The molecule has 2 rings (SSSR count). The van der Waals surface area contributed by atoms with Gasteiger partial charge in [0.05, 0.1) is 12.5 Å². The lowest BCUT2D eigenvalue weighted by molar-refractivity contribution is -0.123. The molecule has 1 atom stereocenters. The van der Waals surface area contributed by atoms with Crippen molar-refractivity contribution >= 4 is 23.4 Å². The highest BCUT2D eigenvalue weighted by Crippen LogP contribution is 2.27. The van der Waals surface area contributed by atoms with E-state index in [9.17, 15) is 9.59 Å². The van der Waals surface area contributed by atoms with Crippen molar-refractivity contribution in [3.05, 3.63) is 34.9 Å². The third kappa shape index (κ3) is 5.82. The highest BCUT2D eigenvalue weighted by Gasteiger charge is 2.23. The van der Waals surface area contributed by atoms with Gasteiger partial charge in [-0.3, -0.25) is 9.59 Å². The van der Waals surface area contributed by atoms with Gasteiger partial charge in [0, 0.05) is 18.0 Å². The van der Waals surface area contributed by atoms with Crippen LogP contribution < -0.4 is 10.6 Å². The first-order chi connectivity index (χ1) is 11.5. The third-order valence-electron chi connectivity index (χ3n) is 4.83. The quantitative estimate of drug-likeness (QED) is 0.814. The van der Waals surface area contributed by atoms with Crippen molar-refractivity contribution in [2.45, 2.75) is 64.5 Å².